The Labute approximate surface area is 123 Å². The molecule has 1 aromatic carbocycles. The molecule has 0 atom stereocenters. The van der Waals surface area contributed by atoms with Gasteiger partial charge in [-0.1, -0.05) is 0 Å². The van der Waals surface area contributed by atoms with Crippen molar-refractivity contribution in [1.82, 2.24) is 5.32 Å². The van der Waals surface area contributed by atoms with E-state index in [2.05, 4.69) is 5.32 Å². The van der Waals surface area contributed by atoms with E-state index in [-0.39, 0.29) is 5.91 Å². The van der Waals surface area contributed by atoms with Gasteiger partial charge < -0.3 is 19.9 Å². The van der Waals surface area contributed by atoms with Crippen LogP contribution in [0.25, 0.3) is 0 Å². The summed E-state index contributed by atoms with van der Waals surface area (Å²) in [4.78, 5) is 23.3. The maximum Gasteiger partial charge on any atom is 0.329 e. The van der Waals surface area contributed by atoms with Crippen molar-refractivity contribution in [2.45, 2.75) is 24.8 Å². The highest BCUT2D eigenvalue weighted by Gasteiger charge is 2.45. The van der Waals surface area contributed by atoms with Crippen LogP contribution in [0.2, 0.25) is 0 Å². The maximum absolute atomic E-state index is 12.1. The number of hydrogen-bond donors (Lipinski definition) is 2. The van der Waals surface area contributed by atoms with Crippen LogP contribution < -0.4 is 10.1 Å². The number of carboxylic acids is 1. The van der Waals surface area contributed by atoms with Crippen molar-refractivity contribution in [3.8, 4) is 5.75 Å². The van der Waals surface area contributed by atoms with Crippen LogP contribution in [-0.2, 0) is 9.53 Å². The first-order valence-corrected chi connectivity index (χ1v) is 6.85. The van der Waals surface area contributed by atoms with E-state index in [1.54, 1.807) is 31.4 Å². The molecule has 0 spiro atoms. The Kier molecular flexibility index (Phi) is 4.80. The molecule has 0 aromatic heterocycles. The Morgan fingerprint density at radius 2 is 1.90 bits per heavy atom. The SMILES string of the molecule is COCCOc1ccc(C(=O)NC2(C(=O)O)CCC2)cc1. The minimum absolute atomic E-state index is 0.374. The molecule has 1 saturated carbocycles. The van der Waals surface area contributed by atoms with Crippen LogP contribution in [0.5, 0.6) is 5.75 Å². The Balaban J connectivity index is 1.95. The van der Waals surface area contributed by atoms with Gasteiger partial charge in [0.15, 0.2) is 0 Å². The van der Waals surface area contributed by atoms with Gasteiger partial charge in [-0.15, -0.1) is 0 Å². The van der Waals surface area contributed by atoms with Crippen molar-refractivity contribution in [3.05, 3.63) is 29.8 Å². The smallest absolute Gasteiger partial charge is 0.329 e. The molecular formula is C15H19NO5. The van der Waals surface area contributed by atoms with E-state index in [1.807, 2.05) is 0 Å². The average molecular weight is 293 g/mol. The van der Waals surface area contributed by atoms with Gasteiger partial charge in [-0.05, 0) is 43.5 Å². The van der Waals surface area contributed by atoms with E-state index < -0.39 is 11.5 Å². The molecule has 0 bridgehead atoms. The number of ether oxygens (including phenoxy) is 2. The number of amides is 1. The summed E-state index contributed by atoms with van der Waals surface area (Å²) in [6.45, 7) is 0.924. The number of nitrogens with one attached hydrogen (secondary N) is 1. The van der Waals surface area contributed by atoms with E-state index in [1.165, 1.54) is 0 Å². The van der Waals surface area contributed by atoms with Crippen molar-refractivity contribution < 1.29 is 24.2 Å². The molecular weight excluding hydrogens is 274 g/mol. The molecule has 1 aliphatic rings. The van der Waals surface area contributed by atoms with Crippen LogP contribution in [0, 0.1) is 0 Å². The highest BCUT2D eigenvalue weighted by atomic mass is 16.5. The van der Waals surface area contributed by atoms with Gasteiger partial charge in [0.2, 0.25) is 0 Å². The molecule has 6 nitrogen and oxygen atoms in total. The molecule has 1 amide bonds. The summed E-state index contributed by atoms with van der Waals surface area (Å²) in [5, 5.41) is 11.8. The van der Waals surface area contributed by atoms with E-state index >= 15 is 0 Å². The molecule has 0 heterocycles. The largest absolute Gasteiger partial charge is 0.491 e. The van der Waals surface area contributed by atoms with Gasteiger partial charge in [0.25, 0.3) is 5.91 Å². The van der Waals surface area contributed by atoms with Crippen molar-refractivity contribution >= 4 is 11.9 Å². The number of benzene rings is 1. The third-order valence-electron chi connectivity index (χ3n) is 3.64. The minimum atomic E-state index is -1.09. The zero-order valence-corrected chi connectivity index (χ0v) is 11.9. The number of aliphatic carboxylic acids is 1. The van der Waals surface area contributed by atoms with Gasteiger partial charge in [-0.3, -0.25) is 4.79 Å². The molecule has 0 unspecified atom stereocenters. The second kappa shape index (κ2) is 6.58. The summed E-state index contributed by atoms with van der Waals surface area (Å²) >= 11 is 0. The highest BCUT2D eigenvalue weighted by Crippen LogP contribution is 2.32. The second-order valence-electron chi connectivity index (χ2n) is 5.06. The molecule has 0 radical (unpaired) electrons. The van der Waals surface area contributed by atoms with Crippen LogP contribution in [0.4, 0.5) is 0 Å². The van der Waals surface area contributed by atoms with Gasteiger partial charge in [0.1, 0.15) is 17.9 Å². The first kappa shape index (κ1) is 15.3. The number of methoxy groups -OCH3 is 1. The van der Waals surface area contributed by atoms with Gasteiger partial charge in [0.05, 0.1) is 6.61 Å². The highest BCUT2D eigenvalue weighted by molar-refractivity contribution is 5.98. The Morgan fingerprint density at radius 3 is 2.38 bits per heavy atom. The number of hydrogen-bond acceptors (Lipinski definition) is 4. The summed E-state index contributed by atoms with van der Waals surface area (Å²) in [5.74, 6) is -0.706. The summed E-state index contributed by atoms with van der Waals surface area (Å²) in [7, 11) is 1.59. The maximum atomic E-state index is 12.1. The van der Waals surface area contributed by atoms with Crippen molar-refractivity contribution in [3.63, 3.8) is 0 Å². The Morgan fingerprint density at radius 1 is 1.24 bits per heavy atom. The van der Waals surface area contributed by atoms with Gasteiger partial charge >= 0.3 is 5.97 Å². The zero-order valence-electron chi connectivity index (χ0n) is 11.9. The van der Waals surface area contributed by atoms with E-state index in [0.29, 0.717) is 37.4 Å². The van der Waals surface area contributed by atoms with Crippen LogP contribution >= 0.6 is 0 Å². The normalized spacial score (nSPS) is 15.9. The lowest BCUT2D eigenvalue weighted by Crippen LogP contribution is -2.59. The molecule has 2 rings (SSSR count). The van der Waals surface area contributed by atoms with Gasteiger partial charge in [-0.25, -0.2) is 4.79 Å². The van der Waals surface area contributed by atoms with E-state index in [4.69, 9.17) is 9.47 Å². The van der Waals surface area contributed by atoms with Crippen LogP contribution in [0.3, 0.4) is 0 Å². The standard InChI is InChI=1S/C15H19NO5/c1-20-9-10-21-12-5-3-11(4-6-12)13(17)16-15(14(18)19)7-2-8-15/h3-6H,2,7-10H2,1H3,(H,16,17)(H,18,19). The molecule has 21 heavy (non-hydrogen) atoms. The zero-order chi connectivity index (χ0) is 15.3. The van der Waals surface area contributed by atoms with Crippen molar-refractivity contribution in [2.24, 2.45) is 0 Å². The Bertz CT molecular complexity index is 507. The number of carbonyl (C=O) groups excluding carboxylic acids is 1. The molecule has 6 heteroatoms. The fourth-order valence-corrected chi connectivity index (χ4v) is 2.16. The van der Waals surface area contributed by atoms with Crippen LogP contribution in [-0.4, -0.2) is 42.8 Å². The van der Waals surface area contributed by atoms with Crippen molar-refractivity contribution in [2.75, 3.05) is 20.3 Å². The number of carboxylic acid groups (broad SMARTS) is 1. The number of carbonyl (C=O) groups is 2. The first-order chi connectivity index (χ1) is 10.1. The predicted molar refractivity (Wildman–Crippen MR) is 75.5 cm³/mol. The molecule has 0 saturated heterocycles. The monoisotopic (exact) mass is 293 g/mol. The number of rotatable bonds is 7. The molecule has 0 aliphatic heterocycles. The topological polar surface area (TPSA) is 84.9 Å². The second-order valence-corrected chi connectivity index (χ2v) is 5.06. The fourth-order valence-electron chi connectivity index (χ4n) is 2.16. The van der Waals surface area contributed by atoms with E-state index in [0.717, 1.165) is 6.42 Å². The lowest BCUT2D eigenvalue weighted by atomic mass is 9.76. The quantitative estimate of drug-likeness (QED) is 0.743. The molecule has 114 valence electrons. The average Bonchev–Trinajstić information content (AvgIpc) is 2.43. The first-order valence-electron chi connectivity index (χ1n) is 6.85. The van der Waals surface area contributed by atoms with Gasteiger partial charge in [-0.2, -0.15) is 0 Å². The Hall–Kier alpha value is -2.08. The fraction of sp³-hybridized carbons (Fsp3) is 0.467. The molecule has 1 aromatic rings. The third-order valence-corrected chi connectivity index (χ3v) is 3.64. The summed E-state index contributed by atoms with van der Waals surface area (Å²) < 4.78 is 10.3. The van der Waals surface area contributed by atoms with Crippen molar-refractivity contribution in [1.29, 1.82) is 0 Å². The summed E-state index contributed by atoms with van der Waals surface area (Å²) in [6, 6.07) is 6.59. The summed E-state index contributed by atoms with van der Waals surface area (Å²) in [6.07, 6.45) is 1.78. The minimum Gasteiger partial charge on any atom is -0.491 e. The van der Waals surface area contributed by atoms with Crippen LogP contribution in [0.1, 0.15) is 29.6 Å². The molecule has 2 N–H and O–H groups in total. The lowest BCUT2D eigenvalue weighted by molar-refractivity contribution is -0.148. The molecule has 1 fully saturated rings. The predicted octanol–water partition coefficient (Wildman–Crippen LogP) is 1.45. The van der Waals surface area contributed by atoms with Crippen LogP contribution in [0.15, 0.2) is 24.3 Å². The third kappa shape index (κ3) is 3.52. The lowest BCUT2D eigenvalue weighted by Gasteiger charge is -2.38. The summed E-state index contributed by atoms with van der Waals surface area (Å²) in [5.41, 5.74) is -0.674. The molecule has 1 aliphatic carbocycles. The van der Waals surface area contributed by atoms with Gasteiger partial charge in [0, 0.05) is 12.7 Å². The van der Waals surface area contributed by atoms with E-state index in [9.17, 15) is 14.7 Å².